The molecule has 82 valence electrons. The van der Waals surface area contributed by atoms with Gasteiger partial charge < -0.3 is 4.18 Å². The van der Waals surface area contributed by atoms with Crippen molar-refractivity contribution in [1.82, 2.24) is 0 Å². The summed E-state index contributed by atoms with van der Waals surface area (Å²) < 4.78 is 27.2. The molecule has 0 saturated heterocycles. The third-order valence-corrected chi connectivity index (χ3v) is 2.79. The molecule has 0 aliphatic carbocycles. The summed E-state index contributed by atoms with van der Waals surface area (Å²) in [5.41, 5.74) is 0.0366. The summed E-state index contributed by atoms with van der Waals surface area (Å²) in [5, 5.41) is 0. The average Bonchev–Trinajstić information content (AvgIpc) is 2.18. The molecule has 0 aliphatic rings. The molecule has 6 heteroatoms. The van der Waals surface area contributed by atoms with Gasteiger partial charge in [-0.1, -0.05) is 24.8 Å². The van der Waals surface area contributed by atoms with Crippen molar-refractivity contribution in [2.45, 2.75) is 11.8 Å². The zero-order valence-corrected chi connectivity index (χ0v) is 8.95. The average molecular weight is 250 g/mol. The normalized spacial score (nSPS) is 10.1. The van der Waals surface area contributed by atoms with Crippen molar-refractivity contribution in [3.63, 3.8) is 0 Å². The van der Waals surface area contributed by atoms with Crippen molar-refractivity contribution in [3.8, 4) is 0 Å². The van der Waals surface area contributed by atoms with Gasteiger partial charge in [0.05, 0.1) is 0 Å². The Hall–Kier alpha value is -0.620. The summed E-state index contributed by atoms with van der Waals surface area (Å²) in [7, 11) is -4.01. The molecule has 1 rings (SSSR count). The number of carbonyl (C=O) groups is 1. The Labute approximate surface area is 117 Å². The first-order chi connectivity index (χ1) is 6.93. The molecule has 0 spiro atoms. The van der Waals surface area contributed by atoms with Crippen molar-refractivity contribution >= 4 is 45.6 Å². The van der Waals surface area contributed by atoms with Gasteiger partial charge in [-0.3, -0.25) is 0 Å². The molecule has 16 heavy (non-hydrogen) atoms. The van der Waals surface area contributed by atoms with Crippen LogP contribution in [0.25, 0.3) is 0 Å². The van der Waals surface area contributed by atoms with E-state index in [-0.39, 0.29) is 40.0 Å². The van der Waals surface area contributed by atoms with Crippen molar-refractivity contribution in [1.29, 1.82) is 0 Å². The van der Waals surface area contributed by atoms with Crippen molar-refractivity contribution in [2.24, 2.45) is 0 Å². The van der Waals surface area contributed by atoms with Gasteiger partial charge in [0.25, 0.3) is 0 Å². The van der Waals surface area contributed by atoms with Crippen LogP contribution < -0.4 is 0 Å². The van der Waals surface area contributed by atoms with Crippen LogP contribution in [-0.2, 0) is 19.1 Å². The minimum atomic E-state index is -4.01. The number of hydrogen-bond acceptors (Lipinski definition) is 4. The first-order valence-electron chi connectivity index (χ1n) is 4.13. The summed E-state index contributed by atoms with van der Waals surface area (Å²) in [4.78, 5) is 11.0. The first-order valence-corrected chi connectivity index (χ1v) is 5.53. The topological polar surface area (TPSA) is 60.4 Å². The fraction of sp³-hybridized carbons (Fsp3) is 0.100. The van der Waals surface area contributed by atoms with E-state index in [0.29, 0.717) is 0 Å². The summed E-state index contributed by atoms with van der Waals surface area (Å²) in [6.45, 7) is 4.67. The van der Waals surface area contributed by atoms with Crippen molar-refractivity contribution < 1.29 is 17.4 Å². The molecule has 1 aromatic carbocycles. The van der Waals surface area contributed by atoms with E-state index >= 15 is 0 Å². The SMILES string of the molecule is C=C(C)C(=O)OS(=O)(=O)c1ccccc1.[NaH]. The minimum absolute atomic E-state index is 0. The molecule has 0 radical (unpaired) electrons. The molecule has 0 aliphatic heterocycles. The van der Waals surface area contributed by atoms with Crippen LogP contribution in [0.2, 0.25) is 0 Å². The van der Waals surface area contributed by atoms with E-state index < -0.39 is 16.1 Å². The predicted molar refractivity (Wildman–Crippen MR) is 61.7 cm³/mol. The van der Waals surface area contributed by atoms with Gasteiger partial charge in [-0.2, -0.15) is 8.42 Å². The third kappa shape index (κ3) is 4.09. The van der Waals surface area contributed by atoms with Gasteiger partial charge in [-0.05, 0) is 19.1 Å². The Morgan fingerprint density at radius 1 is 1.25 bits per heavy atom. The molecular formula is C10H11NaO4S. The van der Waals surface area contributed by atoms with Crippen LogP contribution in [0.1, 0.15) is 6.92 Å². The third-order valence-electron chi connectivity index (χ3n) is 1.57. The fourth-order valence-electron chi connectivity index (χ4n) is 0.806. The zero-order chi connectivity index (χ0) is 11.5. The van der Waals surface area contributed by atoms with Crippen LogP contribution in [0.5, 0.6) is 0 Å². The van der Waals surface area contributed by atoms with Gasteiger partial charge in [-0.15, -0.1) is 0 Å². The quantitative estimate of drug-likeness (QED) is 0.453. The number of hydrogen-bond donors (Lipinski definition) is 0. The van der Waals surface area contributed by atoms with E-state index in [9.17, 15) is 13.2 Å². The monoisotopic (exact) mass is 250 g/mol. The standard InChI is InChI=1S/C10H10O4S.Na.H/c1-8(2)10(11)14-15(12,13)9-6-4-3-5-7-9;;/h3-7H,1H2,2H3;;. The van der Waals surface area contributed by atoms with Crippen molar-refractivity contribution in [2.75, 3.05) is 0 Å². The number of benzene rings is 1. The second-order valence-electron chi connectivity index (χ2n) is 2.92. The molecule has 0 unspecified atom stereocenters. The van der Waals surface area contributed by atoms with Crippen LogP contribution in [0.4, 0.5) is 0 Å². The Morgan fingerprint density at radius 2 is 1.75 bits per heavy atom. The second kappa shape index (κ2) is 6.20. The van der Waals surface area contributed by atoms with Gasteiger partial charge in [-0.25, -0.2) is 4.79 Å². The van der Waals surface area contributed by atoms with Crippen LogP contribution in [0.15, 0.2) is 47.4 Å². The van der Waals surface area contributed by atoms with E-state index in [1.165, 1.54) is 19.1 Å². The van der Waals surface area contributed by atoms with Crippen LogP contribution in [0.3, 0.4) is 0 Å². The maximum absolute atomic E-state index is 11.5. The second-order valence-corrected chi connectivity index (χ2v) is 4.46. The molecule has 0 N–H and O–H groups in total. The molecule has 0 bridgehead atoms. The summed E-state index contributed by atoms with van der Waals surface area (Å²) >= 11 is 0. The molecule has 0 fully saturated rings. The maximum atomic E-state index is 11.5. The van der Waals surface area contributed by atoms with Gasteiger partial charge >= 0.3 is 45.6 Å². The molecule has 1 aromatic rings. The number of rotatable bonds is 3. The Bertz CT molecular complexity index is 479. The van der Waals surface area contributed by atoms with Crippen molar-refractivity contribution in [3.05, 3.63) is 42.5 Å². The zero-order valence-electron chi connectivity index (χ0n) is 8.14. The van der Waals surface area contributed by atoms with E-state index in [1.54, 1.807) is 18.2 Å². The van der Waals surface area contributed by atoms with Crippen LogP contribution in [-0.4, -0.2) is 43.9 Å². The molecule has 0 saturated carbocycles. The summed E-state index contributed by atoms with van der Waals surface area (Å²) in [5.74, 6) is -0.946. The Balaban J connectivity index is 0.00000225. The van der Waals surface area contributed by atoms with E-state index in [0.717, 1.165) is 0 Å². The summed E-state index contributed by atoms with van der Waals surface area (Å²) in [6.07, 6.45) is 0. The van der Waals surface area contributed by atoms with Crippen LogP contribution in [0, 0.1) is 0 Å². The van der Waals surface area contributed by atoms with E-state index in [4.69, 9.17) is 0 Å². The Kier molecular flexibility index (Phi) is 5.96. The molecule has 0 atom stereocenters. The molecule has 0 amide bonds. The van der Waals surface area contributed by atoms with Gasteiger partial charge in [0, 0.05) is 5.57 Å². The molecule has 4 nitrogen and oxygen atoms in total. The molecular weight excluding hydrogens is 239 g/mol. The first kappa shape index (κ1) is 15.4. The number of carbonyl (C=O) groups excluding carboxylic acids is 1. The van der Waals surface area contributed by atoms with Gasteiger partial charge in [0.15, 0.2) is 0 Å². The predicted octanol–water partition coefficient (Wildman–Crippen LogP) is 0.846. The van der Waals surface area contributed by atoms with Crippen LogP contribution >= 0.6 is 0 Å². The fourth-order valence-corrected chi connectivity index (χ4v) is 1.73. The van der Waals surface area contributed by atoms with E-state index in [2.05, 4.69) is 10.8 Å². The summed E-state index contributed by atoms with van der Waals surface area (Å²) in [6, 6.07) is 7.45. The molecule has 0 aromatic heterocycles. The van der Waals surface area contributed by atoms with Gasteiger partial charge in [0.1, 0.15) is 4.90 Å². The van der Waals surface area contributed by atoms with Gasteiger partial charge in [0.2, 0.25) is 0 Å². The van der Waals surface area contributed by atoms with E-state index in [1.807, 2.05) is 0 Å². The Morgan fingerprint density at radius 3 is 2.19 bits per heavy atom. The molecule has 0 heterocycles.